The van der Waals surface area contributed by atoms with Crippen molar-refractivity contribution >= 4 is 70.5 Å². The number of hydrogen-bond acceptors (Lipinski definition) is 15. The normalized spacial score (nSPS) is 11.2. The van der Waals surface area contributed by atoms with Crippen molar-refractivity contribution in [3.63, 3.8) is 0 Å². The van der Waals surface area contributed by atoms with Gasteiger partial charge in [0.1, 0.15) is 0 Å². The molecule has 0 N–H and O–H groups in total. The van der Waals surface area contributed by atoms with Gasteiger partial charge in [-0.15, -0.1) is 0 Å². The zero-order valence-electron chi connectivity index (χ0n) is 45.6. The number of unbranched alkanes of at least 4 members (excludes halogenated alkanes) is 27. The van der Waals surface area contributed by atoms with Crippen LogP contribution in [0.15, 0.2) is 0 Å². The highest BCUT2D eigenvalue weighted by molar-refractivity contribution is 7.99. The van der Waals surface area contributed by atoms with Crippen molar-refractivity contribution in [1.29, 1.82) is 0 Å². The summed E-state index contributed by atoms with van der Waals surface area (Å²) in [6.45, 7) is 7.99. The predicted octanol–water partition coefficient (Wildman–Crippen LogP) is 15.4. The summed E-state index contributed by atoms with van der Waals surface area (Å²) in [5.41, 5.74) is 0. The molecule has 1 aromatic rings. The Hall–Kier alpha value is -2.52. The number of carbonyl (C=O) groups excluding carboxylic acids is 6. The fourth-order valence-corrected chi connectivity index (χ4v) is 10.4. The molecule has 0 saturated heterocycles. The van der Waals surface area contributed by atoms with Crippen LogP contribution in [0.25, 0.3) is 0 Å². The van der Waals surface area contributed by atoms with Gasteiger partial charge in [-0.3, -0.25) is 28.8 Å². The van der Waals surface area contributed by atoms with E-state index in [0.29, 0.717) is 54.3 Å². The first-order valence-electron chi connectivity index (χ1n) is 28.8. The average Bonchev–Trinajstić information content (AvgIpc) is 3.38. The van der Waals surface area contributed by atoms with Crippen molar-refractivity contribution < 1.29 is 43.0 Å². The zero-order valence-corrected chi connectivity index (χ0v) is 48.0. The third kappa shape index (κ3) is 41.8. The van der Waals surface area contributed by atoms with Crippen LogP contribution in [0.1, 0.15) is 284 Å². The van der Waals surface area contributed by atoms with Crippen LogP contribution in [0.4, 0.5) is 0 Å². The fourth-order valence-electron chi connectivity index (χ4n) is 7.90. The Kier molecular flexibility index (Phi) is 47.5. The summed E-state index contributed by atoms with van der Waals surface area (Å²) in [4.78, 5) is 89.6. The first kappa shape index (κ1) is 67.5. The monoisotopic (exact) mass is 1070 g/mol. The molecule has 0 unspecified atom stereocenters. The van der Waals surface area contributed by atoms with Gasteiger partial charge in [0.25, 0.3) is 0 Å². The Balaban J connectivity index is 2.55. The van der Waals surface area contributed by atoms with Crippen LogP contribution in [0.3, 0.4) is 0 Å². The Bertz CT molecular complexity index is 1360. The van der Waals surface area contributed by atoms with Crippen LogP contribution >= 0.6 is 35.3 Å². The molecule has 12 nitrogen and oxygen atoms in total. The summed E-state index contributed by atoms with van der Waals surface area (Å²) < 4.78 is 16.2. The van der Waals surface area contributed by atoms with Crippen molar-refractivity contribution in [2.45, 2.75) is 252 Å². The lowest BCUT2D eigenvalue weighted by atomic mass is 10.1. The molecule has 1 rings (SSSR count). The van der Waals surface area contributed by atoms with Crippen molar-refractivity contribution in [3.05, 3.63) is 17.5 Å². The summed E-state index contributed by atoms with van der Waals surface area (Å²) >= 11 is 4.33. The molecular weight excluding hydrogens is 967 g/mol. The maximum atomic E-state index is 13.4. The predicted molar refractivity (Wildman–Crippen MR) is 301 cm³/mol. The smallest absolute Gasteiger partial charge is 0.306 e. The number of ketones is 3. The van der Waals surface area contributed by atoms with E-state index in [0.717, 1.165) is 57.8 Å². The molecule has 414 valence electrons. The van der Waals surface area contributed by atoms with E-state index in [-0.39, 0.29) is 73.9 Å². The highest BCUT2D eigenvalue weighted by Gasteiger charge is 2.21. The van der Waals surface area contributed by atoms with Gasteiger partial charge in [-0.05, 0) is 19.3 Å². The van der Waals surface area contributed by atoms with Crippen LogP contribution < -0.4 is 0 Å². The van der Waals surface area contributed by atoms with Gasteiger partial charge in [-0.25, -0.2) is 15.0 Å². The molecule has 0 radical (unpaired) electrons. The number of rotatable bonds is 54. The van der Waals surface area contributed by atoms with Crippen molar-refractivity contribution in [3.8, 4) is 0 Å². The molecule has 0 atom stereocenters. The second-order valence-electron chi connectivity index (χ2n) is 19.1. The van der Waals surface area contributed by atoms with Crippen molar-refractivity contribution in [2.24, 2.45) is 0 Å². The third-order valence-electron chi connectivity index (χ3n) is 12.4. The molecule has 0 saturated carbocycles. The maximum absolute atomic E-state index is 13.4. The topological polar surface area (TPSA) is 169 Å². The van der Waals surface area contributed by atoms with Crippen LogP contribution in [-0.2, 0) is 28.6 Å². The molecule has 0 aromatic carbocycles. The van der Waals surface area contributed by atoms with Gasteiger partial charge < -0.3 is 14.2 Å². The van der Waals surface area contributed by atoms with Crippen LogP contribution in [-0.4, -0.2) is 105 Å². The van der Waals surface area contributed by atoms with Gasteiger partial charge in [0.2, 0.25) is 17.3 Å². The Morgan fingerprint density at radius 2 is 0.486 bits per heavy atom. The van der Waals surface area contributed by atoms with E-state index < -0.39 is 17.3 Å². The molecule has 0 aliphatic carbocycles. The molecule has 1 aromatic heterocycles. The number of aromatic nitrogens is 3. The summed E-state index contributed by atoms with van der Waals surface area (Å²) in [5, 5.41) is 0. The quantitative estimate of drug-likeness (QED) is 0.0261. The minimum absolute atomic E-state index is 0.0554. The van der Waals surface area contributed by atoms with E-state index in [9.17, 15) is 28.8 Å². The Morgan fingerprint density at radius 1 is 0.292 bits per heavy atom. The third-order valence-corrected chi connectivity index (χ3v) is 15.4. The van der Waals surface area contributed by atoms with E-state index in [2.05, 4.69) is 35.7 Å². The number of nitrogens with zero attached hydrogens (tertiary/aromatic N) is 3. The van der Waals surface area contributed by atoms with E-state index in [1.807, 2.05) is 0 Å². The summed E-state index contributed by atoms with van der Waals surface area (Å²) in [7, 11) is 0. The fraction of sp³-hybridized carbons (Fsp3) is 0.842. The Morgan fingerprint density at radius 3 is 0.708 bits per heavy atom. The second-order valence-corrected chi connectivity index (χ2v) is 22.8. The zero-order chi connectivity index (χ0) is 52.4. The van der Waals surface area contributed by atoms with Crippen LogP contribution in [0.2, 0.25) is 0 Å². The summed E-state index contributed by atoms with van der Waals surface area (Å²) in [5.74, 6) is -0.00489. The van der Waals surface area contributed by atoms with E-state index in [1.54, 1.807) is 0 Å². The standard InChI is InChI=1S/C57H99N3O9S3/c1-4-7-10-13-16-19-22-25-28-31-40-67-52(64)37-46-70-43-34-49(61)55-58-56(50(62)35-44-71-47-38-53(65)68-41-32-29-26-23-20-17-14-11-8-5-2)60-57(59-55)51(63)36-45-72-48-39-54(66)69-42-33-30-27-24-21-18-15-12-9-6-3/h4-48H2,1-3H3. The first-order valence-corrected chi connectivity index (χ1v) is 32.2. The molecule has 0 aliphatic rings. The Labute approximate surface area is 449 Å². The minimum Gasteiger partial charge on any atom is -0.466 e. The first-order chi connectivity index (χ1) is 35.2. The molecule has 0 bridgehead atoms. The van der Waals surface area contributed by atoms with Gasteiger partial charge in [-0.1, -0.05) is 194 Å². The lowest BCUT2D eigenvalue weighted by Crippen LogP contribution is -2.19. The maximum Gasteiger partial charge on any atom is 0.306 e. The van der Waals surface area contributed by atoms with E-state index in [1.165, 1.54) is 170 Å². The van der Waals surface area contributed by atoms with Gasteiger partial charge >= 0.3 is 17.9 Å². The van der Waals surface area contributed by atoms with E-state index in [4.69, 9.17) is 14.2 Å². The molecule has 0 fully saturated rings. The SMILES string of the molecule is CCCCCCCCCCCCOC(=O)CCSCCC(=O)c1nc(C(=O)CCSCCC(=O)OCCCCCCCCCCCC)nc(C(=O)CCSCCC(=O)OCCCCCCCCCCCC)n1. The van der Waals surface area contributed by atoms with Crippen molar-refractivity contribution in [2.75, 3.05) is 54.3 Å². The lowest BCUT2D eigenvalue weighted by Gasteiger charge is -2.08. The van der Waals surface area contributed by atoms with Crippen LogP contribution in [0.5, 0.6) is 0 Å². The van der Waals surface area contributed by atoms with E-state index >= 15 is 0 Å². The molecule has 0 amide bonds. The summed E-state index contributed by atoms with van der Waals surface area (Å²) in [6, 6.07) is 0. The second kappa shape index (κ2) is 50.6. The number of carbonyl (C=O) groups is 6. The van der Waals surface area contributed by atoms with Gasteiger partial charge in [-0.2, -0.15) is 35.3 Å². The molecule has 0 aliphatic heterocycles. The molecule has 0 spiro atoms. The largest absolute Gasteiger partial charge is 0.466 e. The highest BCUT2D eigenvalue weighted by Crippen LogP contribution is 2.17. The number of ether oxygens (including phenoxy) is 3. The number of thioether (sulfide) groups is 3. The number of Topliss-reactive ketones (excluding diaryl/α,β-unsaturated/α-hetero) is 3. The molecular formula is C57H99N3O9S3. The van der Waals surface area contributed by atoms with Crippen LogP contribution in [0, 0.1) is 0 Å². The van der Waals surface area contributed by atoms with Gasteiger partial charge in [0.15, 0.2) is 17.5 Å². The molecule has 15 heteroatoms. The highest BCUT2D eigenvalue weighted by atomic mass is 32.2. The molecule has 72 heavy (non-hydrogen) atoms. The molecule has 1 heterocycles. The number of esters is 3. The van der Waals surface area contributed by atoms with Gasteiger partial charge in [0.05, 0.1) is 39.1 Å². The minimum atomic E-state index is -0.423. The average molecular weight is 1070 g/mol. The summed E-state index contributed by atoms with van der Waals surface area (Å²) in [6.07, 6.45) is 37.3. The van der Waals surface area contributed by atoms with Gasteiger partial charge in [0, 0.05) is 53.8 Å². The lowest BCUT2D eigenvalue weighted by molar-refractivity contribution is -0.144. The van der Waals surface area contributed by atoms with Crippen molar-refractivity contribution in [1.82, 2.24) is 15.0 Å². The number of hydrogen-bond donors (Lipinski definition) is 0.